The van der Waals surface area contributed by atoms with E-state index in [4.69, 9.17) is 5.73 Å². The molecule has 0 aliphatic carbocycles. The first-order chi connectivity index (χ1) is 5.75. The van der Waals surface area contributed by atoms with E-state index in [9.17, 15) is 0 Å². The number of anilines is 1. The maximum Gasteiger partial charge on any atom is 0.128 e. The molecule has 3 heteroatoms. The molecule has 0 radical (unpaired) electrons. The van der Waals surface area contributed by atoms with Crippen molar-refractivity contribution in [2.75, 3.05) is 12.3 Å². The van der Waals surface area contributed by atoms with Crippen LogP contribution in [0, 0.1) is 6.92 Å². The number of nitrogens with one attached hydrogen (secondary N) is 1. The van der Waals surface area contributed by atoms with Crippen molar-refractivity contribution in [1.29, 1.82) is 0 Å². The summed E-state index contributed by atoms with van der Waals surface area (Å²) in [5.41, 5.74) is 8.02. The fourth-order valence-corrected chi connectivity index (χ4v) is 1.09. The van der Waals surface area contributed by atoms with Gasteiger partial charge in [0.05, 0.1) is 0 Å². The fourth-order valence-electron chi connectivity index (χ4n) is 1.09. The predicted molar refractivity (Wildman–Crippen MR) is 50.8 cm³/mol. The van der Waals surface area contributed by atoms with Crippen LogP contribution in [0.2, 0.25) is 0 Å². The summed E-state index contributed by atoms with van der Waals surface area (Å²) in [5.74, 6) is 0.635. The van der Waals surface area contributed by atoms with Crippen molar-refractivity contribution < 1.29 is 0 Å². The number of rotatable bonds is 3. The Morgan fingerprint density at radius 2 is 2.33 bits per heavy atom. The van der Waals surface area contributed by atoms with E-state index in [-0.39, 0.29) is 0 Å². The van der Waals surface area contributed by atoms with Gasteiger partial charge in [0.15, 0.2) is 0 Å². The predicted octanol–water partition coefficient (Wildman–Crippen LogP) is 1.08. The number of hydrogen-bond acceptors (Lipinski definition) is 3. The molecule has 3 nitrogen and oxygen atoms in total. The number of nitrogens with zero attached hydrogens (tertiary/aromatic N) is 1. The van der Waals surface area contributed by atoms with Crippen molar-refractivity contribution >= 4 is 5.82 Å². The largest absolute Gasteiger partial charge is 0.383 e. The Bertz CT molecular complexity index is 238. The minimum absolute atomic E-state index is 0.635. The summed E-state index contributed by atoms with van der Waals surface area (Å²) in [7, 11) is 0. The molecule has 0 unspecified atom stereocenters. The number of nitrogen functional groups attached to an aromatic ring is 1. The quantitative estimate of drug-likeness (QED) is 0.704. The Balaban J connectivity index is 2.81. The van der Waals surface area contributed by atoms with Crippen LogP contribution in [0.3, 0.4) is 0 Å². The van der Waals surface area contributed by atoms with Crippen LogP contribution < -0.4 is 11.1 Å². The maximum atomic E-state index is 5.71. The van der Waals surface area contributed by atoms with Crippen LogP contribution in [-0.4, -0.2) is 11.5 Å². The second-order valence-electron chi connectivity index (χ2n) is 2.77. The van der Waals surface area contributed by atoms with Gasteiger partial charge in [-0.05, 0) is 25.1 Å². The number of hydrogen-bond donors (Lipinski definition) is 2. The van der Waals surface area contributed by atoms with Crippen molar-refractivity contribution in [1.82, 2.24) is 10.3 Å². The molecule has 0 spiro atoms. The van der Waals surface area contributed by atoms with E-state index in [2.05, 4.69) is 17.2 Å². The number of pyridine rings is 1. The Hall–Kier alpha value is -1.09. The zero-order valence-electron chi connectivity index (χ0n) is 7.59. The van der Waals surface area contributed by atoms with E-state index in [0.717, 1.165) is 18.7 Å². The summed E-state index contributed by atoms with van der Waals surface area (Å²) < 4.78 is 0. The summed E-state index contributed by atoms with van der Waals surface area (Å²) in [5, 5.41) is 3.23. The SMILES string of the molecule is CCNCc1c(C)ccnc1N. The highest BCUT2D eigenvalue weighted by Crippen LogP contribution is 2.12. The first-order valence-electron chi connectivity index (χ1n) is 4.16. The van der Waals surface area contributed by atoms with Gasteiger partial charge in [0.2, 0.25) is 0 Å². The van der Waals surface area contributed by atoms with Crippen molar-refractivity contribution in [3.8, 4) is 0 Å². The van der Waals surface area contributed by atoms with E-state index in [0.29, 0.717) is 5.82 Å². The zero-order chi connectivity index (χ0) is 8.97. The summed E-state index contributed by atoms with van der Waals surface area (Å²) in [6, 6.07) is 1.98. The smallest absolute Gasteiger partial charge is 0.128 e. The molecule has 1 heterocycles. The lowest BCUT2D eigenvalue weighted by Gasteiger charge is -2.07. The topological polar surface area (TPSA) is 50.9 Å². The van der Waals surface area contributed by atoms with Gasteiger partial charge < -0.3 is 11.1 Å². The van der Waals surface area contributed by atoms with Gasteiger partial charge in [0.25, 0.3) is 0 Å². The first-order valence-corrected chi connectivity index (χ1v) is 4.16. The van der Waals surface area contributed by atoms with E-state index in [1.54, 1.807) is 6.20 Å². The van der Waals surface area contributed by atoms with E-state index < -0.39 is 0 Å². The molecule has 0 aromatic carbocycles. The average molecular weight is 165 g/mol. The van der Waals surface area contributed by atoms with Gasteiger partial charge in [-0.25, -0.2) is 4.98 Å². The summed E-state index contributed by atoms with van der Waals surface area (Å²) in [4.78, 5) is 4.03. The Morgan fingerprint density at radius 3 is 2.92 bits per heavy atom. The second-order valence-corrected chi connectivity index (χ2v) is 2.77. The summed E-state index contributed by atoms with van der Waals surface area (Å²) in [6.07, 6.45) is 1.74. The van der Waals surface area contributed by atoms with E-state index in [1.807, 2.05) is 13.0 Å². The molecule has 1 rings (SSSR count). The molecule has 0 saturated heterocycles. The lowest BCUT2D eigenvalue weighted by atomic mass is 10.1. The van der Waals surface area contributed by atoms with Crippen molar-refractivity contribution in [2.45, 2.75) is 20.4 Å². The minimum atomic E-state index is 0.635. The molecule has 0 aliphatic heterocycles. The van der Waals surface area contributed by atoms with Crippen LogP contribution >= 0.6 is 0 Å². The average Bonchev–Trinajstić information content (AvgIpc) is 2.04. The number of nitrogens with two attached hydrogens (primary N) is 1. The molecule has 0 amide bonds. The van der Waals surface area contributed by atoms with Gasteiger partial charge in [0, 0.05) is 18.3 Å². The van der Waals surface area contributed by atoms with Crippen LogP contribution in [0.1, 0.15) is 18.1 Å². The van der Waals surface area contributed by atoms with Crippen LogP contribution in [0.15, 0.2) is 12.3 Å². The third-order valence-electron chi connectivity index (χ3n) is 1.88. The van der Waals surface area contributed by atoms with E-state index >= 15 is 0 Å². The molecular weight excluding hydrogens is 150 g/mol. The van der Waals surface area contributed by atoms with Gasteiger partial charge >= 0.3 is 0 Å². The molecular formula is C9H15N3. The third-order valence-corrected chi connectivity index (χ3v) is 1.88. The normalized spacial score (nSPS) is 10.2. The third kappa shape index (κ3) is 1.95. The Morgan fingerprint density at radius 1 is 1.58 bits per heavy atom. The lowest BCUT2D eigenvalue weighted by Crippen LogP contribution is -2.14. The van der Waals surface area contributed by atoms with Crippen LogP contribution in [0.5, 0.6) is 0 Å². The molecule has 0 aliphatic rings. The molecule has 1 aromatic heterocycles. The van der Waals surface area contributed by atoms with E-state index in [1.165, 1.54) is 5.56 Å². The van der Waals surface area contributed by atoms with Crippen molar-refractivity contribution in [3.05, 3.63) is 23.4 Å². The molecule has 1 aromatic rings. The Kier molecular flexibility index (Phi) is 3.05. The van der Waals surface area contributed by atoms with Gasteiger partial charge in [-0.1, -0.05) is 6.92 Å². The molecule has 0 atom stereocenters. The lowest BCUT2D eigenvalue weighted by molar-refractivity contribution is 0.723. The highest BCUT2D eigenvalue weighted by Gasteiger charge is 2.01. The molecule has 0 bridgehead atoms. The monoisotopic (exact) mass is 165 g/mol. The summed E-state index contributed by atoms with van der Waals surface area (Å²) >= 11 is 0. The van der Waals surface area contributed by atoms with Crippen LogP contribution in [0.25, 0.3) is 0 Å². The molecule has 12 heavy (non-hydrogen) atoms. The minimum Gasteiger partial charge on any atom is -0.383 e. The maximum absolute atomic E-state index is 5.71. The summed E-state index contributed by atoms with van der Waals surface area (Å²) in [6.45, 7) is 5.88. The zero-order valence-corrected chi connectivity index (χ0v) is 7.59. The standard InChI is InChI=1S/C9H15N3/c1-3-11-6-8-7(2)4-5-12-9(8)10/h4-5,11H,3,6H2,1-2H3,(H2,10,12). The van der Waals surface area contributed by atoms with Gasteiger partial charge in [-0.2, -0.15) is 0 Å². The number of aromatic nitrogens is 1. The highest BCUT2D eigenvalue weighted by atomic mass is 14.9. The van der Waals surface area contributed by atoms with Crippen molar-refractivity contribution in [2.24, 2.45) is 0 Å². The molecule has 66 valence electrons. The first kappa shape index (κ1) is 9.00. The van der Waals surface area contributed by atoms with Crippen LogP contribution in [-0.2, 0) is 6.54 Å². The van der Waals surface area contributed by atoms with Crippen LogP contribution in [0.4, 0.5) is 5.82 Å². The number of aryl methyl sites for hydroxylation is 1. The highest BCUT2D eigenvalue weighted by molar-refractivity contribution is 5.43. The Labute approximate surface area is 73.0 Å². The molecule has 3 N–H and O–H groups in total. The molecule has 0 saturated carbocycles. The fraction of sp³-hybridized carbons (Fsp3) is 0.444. The second kappa shape index (κ2) is 4.07. The van der Waals surface area contributed by atoms with Gasteiger partial charge in [-0.15, -0.1) is 0 Å². The van der Waals surface area contributed by atoms with Gasteiger partial charge in [0.1, 0.15) is 5.82 Å². The molecule has 0 fully saturated rings. The van der Waals surface area contributed by atoms with Gasteiger partial charge in [-0.3, -0.25) is 0 Å². The van der Waals surface area contributed by atoms with Crippen molar-refractivity contribution in [3.63, 3.8) is 0 Å².